The molecule has 1 amide bonds. The molecule has 1 N–H and O–H groups in total. The quantitative estimate of drug-likeness (QED) is 0.361. The van der Waals surface area contributed by atoms with Crippen LogP contribution in [0.3, 0.4) is 0 Å². The minimum Gasteiger partial charge on any atom is -0.449 e. The second-order valence-electron chi connectivity index (χ2n) is 5.93. The van der Waals surface area contributed by atoms with Crippen molar-refractivity contribution in [3.63, 3.8) is 0 Å². The Morgan fingerprint density at radius 1 is 1.07 bits per heavy atom. The molecule has 27 heavy (non-hydrogen) atoms. The number of anilines is 1. The molecule has 0 saturated heterocycles. The Bertz CT molecular complexity index is 905. The molecule has 8 nitrogen and oxygen atoms in total. The van der Waals surface area contributed by atoms with Gasteiger partial charge in [-0.25, -0.2) is 4.79 Å². The van der Waals surface area contributed by atoms with Gasteiger partial charge < -0.3 is 10.1 Å². The van der Waals surface area contributed by atoms with Crippen LogP contribution in [0.1, 0.15) is 40.1 Å². The van der Waals surface area contributed by atoms with Gasteiger partial charge in [-0.3, -0.25) is 19.7 Å². The minimum absolute atomic E-state index is 0.0893. The van der Waals surface area contributed by atoms with Gasteiger partial charge in [-0.2, -0.15) is 0 Å². The lowest BCUT2D eigenvalue weighted by molar-refractivity contribution is -0.385. The Labute approximate surface area is 155 Å². The smallest absolute Gasteiger partial charge is 0.338 e. The van der Waals surface area contributed by atoms with Crippen LogP contribution in [0.15, 0.2) is 42.5 Å². The molecule has 0 aromatic heterocycles. The molecule has 0 aliphatic heterocycles. The Morgan fingerprint density at radius 3 is 2.19 bits per heavy atom. The van der Waals surface area contributed by atoms with Crippen molar-refractivity contribution in [3.05, 3.63) is 69.3 Å². The summed E-state index contributed by atoms with van der Waals surface area (Å²) in [6, 6.07) is 10.1. The molecule has 0 bridgehead atoms. The van der Waals surface area contributed by atoms with E-state index in [1.807, 2.05) is 0 Å². The van der Waals surface area contributed by atoms with E-state index in [0.717, 1.165) is 0 Å². The van der Waals surface area contributed by atoms with Gasteiger partial charge in [0.15, 0.2) is 11.9 Å². The van der Waals surface area contributed by atoms with Crippen LogP contribution < -0.4 is 5.32 Å². The average Bonchev–Trinajstić information content (AvgIpc) is 2.61. The second kappa shape index (κ2) is 8.22. The van der Waals surface area contributed by atoms with Crippen molar-refractivity contribution in [2.75, 3.05) is 5.32 Å². The van der Waals surface area contributed by atoms with E-state index in [4.69, 9.17) is 4.74 Å². The molecule has 1 atom stereocenters. The van der Waals surface area contributed by atoms with E-state index in [-0.39, 0.29) is 17.0 Å². The predicted molar refractivity (Wildman–Crippen MR) is 97.8 cm³/mol. The van der Waals surface area contributed by atoms with Gasteiger partial charge in [0, 0.05) is 22.9 Å². The first kappa shape index (κ1) is 19.8. The van der Waals surface area contributed by atoms with Crippen LogP contribution in [-0.2, 0) is 9.53 Å². The van der Waals surface area contributed by atoms with Crippen LogP contribution in [0.4, 0.5) is 11.4 Å². The predicted octanol–water partition coefficient (Wildman–Crippen LogP) is 3.29. The number of nitro benzene ring substituents is 1. The van der Waals surface area contributed by atoms with Crippen molar-refractivity contribution >= 4 is 29.0 Å². The second-order valence-corrected chi connectivity index (χ2v) is 5.93. The molecule has 0 heterocycles. The molecule has 8 heteroatoms. The van der Waals surface area contributed by atoms with Crippen molar-refractivity contribution < 1.29 is 24.0 Å². The third-order valence-electron chi connectivity index (χ3n) is 3.84. The van der Waals surface area contributed by atoms with Gasteiger partial charge in [0.1, 0.15) is 0 Å². The fourth-order valence-corrected chi connectivity index (χ4v) is 2.30. The summed E-state index contributed by atoms with van der Waals surface area (Å²) < 4.78 is 5.11. The zero-order chi connectivity index (χ0) is 20.1. The molecule has 0 aliphatic rings. The SMILES string of the molecule is CC(=O)c1ccc(NC(=O)[C@H](C)OC(=O)c2ccc([N+](=O)[O-])c(C)c2)cc1. The highest BCUT2D eigenvalue weighted by atomic mass is 16.6. The standard InChI is InChI=1S/C19H18N2O6/c1-11-10-15(6-9-17(11)21(25)26)19(24)27-13(3)18(23)20-16-7-4-14(5-8-16)12(2)22/h4-10,13H,1-3H3,(H,20,23)/t13-/m0/s1. The maximum atomic E-state index is 12.2. The van der Waals surface area contributed by atoms with Crippen LogP contribution >= 0.6 is 0 Å². The van der Waals surface area contributed by atoms with Gasteiger partial charge in [-0.1, -0.05) is 0 Å². The van der Waals surface area contributed by atoms with Gasteiger partial charge in [0.25, 0.3) is 11.6 Å². The zero-order valence-electron chi connectivity index (χ0n) is 15.0. The fourth-order valence-electron chi connectivity index (χ4n) is 2.30. The van der Waals surface area contributed by atoms with Gasteiger partial charge in [0.05, 0.1) is 10.5 Å². The molecular weight excluding hydrogens is 352 g/mol. The molecule has 2 rings (SSSR count). The van der Waals surface area contributed by atoms with Crippen molar-refractivity contribution in [2.24, 2.45) is 0 Å². The number of nitro groups is 1. The Balaban J connectivity index is 2.01. The van der Waals surface area contributed by atoms with Crippen LogP contribution in [0.5, 0.6) is 0 Å². The number of nitrogens with zero attached hydrogens (tertiary/aromatic N) is 1. The lowest BCUT2D eigenvalue weighted by Crippen LogP contribution is -2.30. The first-order valence-corrected chi connectivity index (χ1v) is 8.07. The number of ether oxygens (including phenoxy) is 1. The average molecular weight is 370 g/mol. The number of Topliss-reactive ketones (excluding diaryl/α,β-unsaturated/α-hetero) is 1. The van der Waals surface area contributed by atoms with E-state index in [2.05, 4.69) is 5.32 Å². The number of rotatable bonds is 6. The summed E-state index contributed by atoms with van der Waals surface area (Å²) in [5, 5.41) is 13.4. The molecule has 0 saturated carbocycles. The minimum atomic E-state index is -1.08. The molecule has 2 aromatic rings. The van der Waals surface area contributed by atoms with Crippen molar-refractivity contribution in [2.45, 2.75) is 26.9 Å². The molecule has 0 unspecified atom stereocenters. The summed E-state index contributed by atoms with van der Waals surface area (Å²) >= 11 is 0. The van der Waals surface area contributed by atoms with Crippen LogP contribution in [0.2, 0.25) is 0 Å². The van der Waals surface area contributed by atoms with Gasteiger partial charge in [0.2, 0.25) is 0 Å². The lowest BCUT2D eigenvalue weighted by Gasteiger charge is -2.14. The van der Waals surface area contributed by atoms with E-state index in [1.165, 1.54) is 39.0 Å². The normalized spacial score (nSPS) is 11.4. The topological polar surface area (TPSA) is 116 Å². The number of nitrogens with one attached hydrogen (secondary N) is 1. The van der Waals surface area contributed by atoms with Crippen LogP contribution in [0.25, 0.3) is 0 Å². The van der Waals surface area contributed by atoms with Crippen LogP contribution in [-0.4, -0.2) is 28.7 Å². The van der Waals surface area contributed by atoms with E-state index in [0.29, 0.717) is 16.8 Å². The number of hydrogen-bond acceptors (Lipinski definition) is 6. The Morgan fingerprint density at radius 2 is 1.67 bits per heavy atom. The monoisotopic (exact) mass is 370 g/mol. The number of ketones is 1. The summed E-state index contributed by atoms with van der Waals surface area (Å²) in [7, 11) is 0. The highest BCUT2D eigenvalue weighted by molar-refractivity contribution is 5.98. The molecule has 0 fully saturated rings. The Hall–Kier alpha value is -3.55. The molecule has 0 aliphatic carbocycles. The third-order valence-corrected chi connectivity index (χ3v) is 3.84. The number of carbonyl (C=O) groups excluding carboxylic acids is 3. The first-order chi connectivity index (χ1) is 12.7. The van der Waals surface area contributed by atoms with E-state index >= 15 is 0 Å². The highest BCUT2D eigenvalue weighted by Crippen LogP contribution is 2.19. The molecule has 140 valence electrons. The zero-order valence-corrected chi connectivity index (χ0v) is 15.0. The van der Waals surface area contributed by atoms with E-state index in [9.17, 15) is 24.5 Å². The lowest BCUT2D eigenvalue weighted by atomic mass is 10.1. The summed E-state index contributed by atoms with van der Waals surface area (Å²) in [5.74, 6) is -1.39. The fraction of sp³-hybridized carbons (Fsp3) is 0.211. The maximum absolute atomic E-state index is 12.2. The molecule has 0 radical (unpaired) electrons. The molecule has 0 spiro atoms. The molecule has 2 aromatic carbocycles. The Kier molecular flexibility index (Phi) is 6.02. The van der Waals surface area contributed by atoms with Gasteiger partial charge in [-0.15, -0.1) is 0 Å². The van der Waals surface area contributed by atoms with Gasteiger partial charge >= 0.3 is 5.97 Å². The number of hydrogen-bond donors (Lipinski definition) is 1. The summed E-state index contributed by atoms with van der Waals surface area (Å²) in [6.07, 6.45) is -1.08. The summed E-state index contributed by atoms with van der Waals surface area (Å²) in [5.41, 5.74) is 1.30. The summed E-state index contributed by atoms with van der Waals surface area (Å²) in [6.45, 7) is 4.36. The number of benzene rings is 2. The third kappa shape index (κ3) is 4.97. The number of amides is 1. The summed E-state index contributed by atoms with van der Waals surface area (Å²) in [4.78, 5) is 45.8. The molecular formula is C19H18N2O6. The van der Waals surface area contributed by atoms with Crippen molar-refractivity contribution in [1.29, 1.82) is 0 Å². The number of esters is 1. The van der Waals surface area contributed by atoms with Crippen molar-refractivity contribution in [1.82, 2.24) is 0 Å². The first-order valence-electron chi connectivity index (χ1n) is 8.07. The highest BCUT2D eigenvalue weighted by Gasteiger charge is 2.21. The largest absolute Gasteiger partial charge is 0.449 e. The number of aryl methyl sites for hydroxylation is 1. The van der Waals surface area contributed by atoms with Crippen LogP contribution in [0, 0.1) is 17.0 Å². The van der Waals surface area contributed by atoms with E-state index in [1.54, 1.807) is 24.3 Å². The number of carbonyl (C=O) groups is 3. The van der Waals surface area contributed by atoms with E-state index < -0.39 is 22.9 Å². The van der Waals surface area contributed by atoms with Gasteiger partial charge in [-0.05, 0) is 57.2 Å². The maximum Gasteiger partial charge on any atom is 0.338 e. The van der Waals surface area contributed by atoms with Crippen molar-refractivity contribution in [3.8, 4) is 0 Å².